The van der Waals surface area contributed by atoms with Crippen molar-refractivity contribution in [2.45, 2.75) is 126 Å². The number of esters is 2. The van der Waals surface area contributed by atoms with Crippen molar-refractivity contribution >= 4 is 11.9 Å². The lowest BCUT2D eigenvalue weighted by Gasteiger charge is -2.73. The Kier molecular flexibility index (Phi) is 6.76. The van der Waals surface area contributed by atoms with E-state index in [1.165, 1.54) is 37.7 Å². The molecule has 0 aromatic heterocycles. The number of fused-ring (bicyclic) bond motifs is 7. The topological polar surface area (TPSA) is 52.6 Å². The van der Waals surface area contributed by atoms with E-state index in [-0.39, 0.29) is 39.7 Å². The predicted molar refractivity (Wildman–Crippen MR) is 151 cm³/mol. The molecule has 5 rings (SSSR count). The van der Waals surface area contributed by atoms with Crippen LogP contribution in [0.25, 0.3) is 0 Å². The number of ether oxygens (including phenoxy) is 2. The van der Waals surface area contributed by atoms with Crippen LogP contribution in [-0.4, -0.2) is 24.6 Å². The molecule has 0 unspecified atom stereocenters. The first-order chi connectivity index (χ1) is 17.6. The highest BCUT2D eigenvalue weighted by molar-refractivity contribution is 5.66. The molecule has 4 saturated carbocycles. The first kappa shape index (κ1) is 28.2. The fraction of sp³-hybridized carbons (Fsp3) is 0.882. The van der Waals surface area contributed by atoms with Crippen molar-refractivity contribution in [3.05, 3.63) is 11.6 Å². The molecule has 5 aliphatic carbocycles. The fourth-order valence-electron chi connectivity index (χ4n) is 11.9. The summed E-state index contributed by atoms with van der Waals surface area (Å²) in [6.07, 6.45) is 13.2. The van der Waals surface area contributed by atoms with E-state index in [0.717, 1.165) is 25.7 Å². The van der Waals surface area contributed by atoms with E-state index < -0.39 is 0 Å². The van der Waals surface area contributed by atoms with Crippen LogP contribution in [0.1, 0.15) is 120 Å². The zero-order valence-electron chi connectivity index (χ0n) is 25.7. The molecule has 5 aliphatic rings. The zero-order valence-corrected chi connectivity index (χ0v) is 25.7. The predicted octanol–water partition coefficient (Wildman–Crippen LogP) is 8.14. The van der Waals surface area contributed by atoms with Crippen LogP contribution in [-0.2, 0) is 19.1 Å². The van der Waals surface area contributed by atoms with Crippen molar-refractivity contribution in [1.29, 1.82) is 0 Å². The minimum atomic E-state index is -0.140. The second-order valence-electron chi connectivity index (χ2n) is 15.7. The standard InChI is InChI=1S/C34H54O4/c1-21-12-17-34(20-37-23(3)35)19-18-32(8)25(29(34)22(21)2)10-11-27-31(7)15-14-28(38-24(4)36)30(5,6)26(31)13-16-33(27,32)9/h12,22,25-29H,10-11,13-20H2,1-9H3/t22-,25-,26+,27-,28+,29-,31+,32-,33-,34-/m1/s1. The highest BCUT2D eigenvalue weighted by atomic mass is 16.5. The molecule has 214 valence electrons. The van der Waals surface area contributed by atoms with E-state index in [1.54, 1.807) is 13.8 Å². The van der Waals surface area contributed by atoms with Gasteiger partial charge in [-0.2, -0.15) is 0 Å². The van der Waals surface area contributed by atoms with Crippen LogP contribution in [0, 0.1) is 56.7 Å². The van der Waals surface area contributed by atoms with Crippen LogP contribution in [0.3, 0.4) is 0 Å². The maximum Gasteiger partial charge on any atom is 0.302 e. The molecular weight excluding hydrogens is 472 g/mol. The lowest BCUT2D eigenvalue weighted by Crippen LogP contribution is -2.67. The highest BCUT2D eigenvalue weighted by Crippen LogP contribution is 2.76. The van der Waals surface area contributed by atoms with Crippen LogP contribution >= 0.6 is 0 Å². The number of carbonyl (C=O) groups excluding carboxylic acids is 2. The summed E-state index contributed by atoms with van der Waals surface area (Å²) in [5.74, 6) is 2.78. The normalized spacial score (nSPS) is 49.3. The number of carbonyl (C=O) groups is 2. The van der Waals surface area contributed by atoms with E-state index in [1.807, 2.05) is 0 Å². The Morgan fingerprint density at radius 2 is 1.58 bits per heavy atom. The average Bonchev–Trinajstić information content (AvgIpc) is 2.82. The third kappa shape index (κ3) is 3.80. The van der Waals surface area contributed by atoms with Crippen molar-refractivity contribution in [3.8, 4) is 0 Å². The van der Waals surface area contributed by atoms with E-state index in [2.05, 4.69) is 54.5 Å². The summed E-state index contributed by atoms with van der Waals surface area (Å²) in [6.45, 7) is 21.2. The maximum atomic E-state index is 11.9. The van der Waals surface area contributed by atoms with E-state index in [0.29, 0.717) is 41.6 Å². The molecule has 0 aromatic rings. The summed E-state index contributed by atoms with van der Waals surface area (Å²) >= 11 is 0. The van der Waals surface area contributed by atoms with Gasteiger partial charge in [0, 0.05) is 24.7 Å². The molecule has 0 spiro atoms. The summed E-state index contributed by atoms with van der Waals surface area (Å²) < 4.78 is 11.7. The van der Waals surface area contributed by atoms with E-state index in [4.69, 9.17) is 9.47 Å². The molecule has 38 heavy (non-hydrogen) atoms. The monoisotopic (exact) mass is 526 g/mol. The Balaban J connectivity index is 1.50. The van der Waals surface area contributed by atoms with Gasteiger partial charge in [-0.3, -0.25) is 9.59 Å². The molecule has 4 fully saturated rings. The molecule has 4 heteroatoms. The van der Waals surface area contributed by atoms with Crippen LogP contribution in [0.15, 0.2) is 11.6 Å². The van der Waals surface area contributed by atoms with Gasteiger partial charge in [-0.05, 0) is 111 Å². The number of allylic oxidation sites excluding steroid dienone is 2. The molecule has 0 radical (unpaired) electrons. The summed E-state index contributed by atoms with van der Waals surface area (Å²) in [7, 11) is 0. The minimum absolute atomic E-state index is 0.00327. The Labute approximate surface area is 232 Å². The average molecular weight is 527 g/mol. The van der Waals surface area contributed by atoms with Crippen LogP contribution in [0.5, 0.6) is 0 Å². The summed E-state index contributed by atoms with van der Waals surface area (Å²) in [4.78, 5) is 23.9. The molecule has 0 N–H and O–H groups in total. The van der Waals surface area contributed by atoms with Crippen molar-refractivity contribution in [2.24, 2.45) is 56.7 Å². The Bertz CT molecular complexity index is 1010. The number of hydrogen-bond donors (Lipinski definition) is 0. The van der Waals surface area contributed by atoms with Gasteiger partial charge < -0.3 is 9.47 Å². The summed E-state index contributed by atoms with van der Waals surface area (Å²) in [5.41, 5.74) is 2.49. The van der Waals surface area contributed by atoms with Gasteiger partial charge in [0.2, 0.25) is 0 Å². The smallest absolute Gasteiger partial charge is 0.302 e. The van der Waals surface area contributed by atoms with Crippen molar-refractivity contribution in [3.63, 3.8) is 0 Å². The molecule has 0 saturated heterocycles. The quantitative estimate of drug-likeness (QED) is 0.275. The molecule has 4 nitrogen and oxygen atoms in total. The minimum Gasteiger partial charge on any atom is -0.465 e. The van der Waals surface area contributed by atoms with Crippen molar-refractivity contribution < 1.29 is 19.1 Å². The first-order valence-corrected chi connectivity index (χ1v) is 15.6. The molecule has 10 atom stereocenters. The molecule has 0 aromatic carbocycles. The summed E-state index contributed by atoms with van der Waals surface area (Å²) in [5, 5.41) is 0. The Morgan fingerprint density at radius 1 is 0.868 bits per heavy atom. The lowest BCUT2D eigenvalue weighted by molar-refractivity contribution is -0.256. The zero-order chi connectivity index (χ0) is 27.9. The molecular formula is C34H54O4. The Morgan fingerprint density at radius 3 is 2.24 bits per heavy atom. The third-order valence-corrected chi connectivity index (χ3v) is 14.1. The molecule has 0 bridgehead atoms. The third-order valence-electron chi connectivity index (χ3n) is 14.1. The highest BCUT2D eigenvalue weighted by Gasteiger charge is 2.70. The summed E-state index contributed by atoms with van der Waals surface area (Å²) in [6, 6.07) is 0. The van der Waals surface area contributed by atoms with Crippen LogP contribution in [0.4, 0.5) is 0 Å². The van der Waals surface area contributed by atoms with Gasteiger partial charge >= 0.3 is 11.9 Å². The second kappa shape index (κ2) is 9.10. The van der Waals surface area contributed by atoms with Gasteiger partial charge in [-0.25, -0.2) is 0 Å². The van der Waals surface area contributed by atoms with Crippen molar-refractivity contribution in [1.82, 2.24) is 0 Å². The van der Waals surface area contributed by atoms with Crippen LogP contribution < -0.4 is 0 Å². The number of rotatable bonds is 3. The number of hydrogen-bond acceptors (Lipinski definition) is 4. The largest absolute Gasteiger partial charge is 0.465 e. The van der Waals surface area contributed by atoms with E-state index >= 15 is 0 Å². The SMILES string of the molecule is CC(=O)OC[C@]12CC=C(C)[C@@H](C)[C@@H]1[C@H]1CC[C@@H]3[C@@]4(C)CC[C@H](OC(C)=O)C(C)(C)[C@@H]4CC[C@@]3(C)[C@]1(C)CC2. The van der Waals surface area contributed by atoms with E-state index in [9.17, 15) is 9.59 Å². The maximum absolute atomic E-state index is 11.9. The van der Waals surface area contributed by atoms with Crippen LogP contribution in [0.2, 0.25) is 0 Å². The lowest BCUT2D eigenvalue weighted by atomic mass is 9.31. The molecule has 0 heterocycles. The second-order valence-corrected chi connectivity index (χ2v) is 15.7. The van der Waals surface area contributed by atoms with Gasteiger partial charge in [0.05, 0.1) is 6.61 Å². The van der Waals surface area contributed by atoms with Gasteiger partial charge in [-0.15, -0.1) is 0 Å². The van der Waals surface area contributed by atoms with Gasteiger partial charge in [0.25, 0.3) is 0 Å². The van der Waals surface area contributed by atoms with Gasteiger partial charge in [-0.1, -0.05) is 53.2 Å². The molecule has 0 amide bonds. The fourth-order valence-corrected chi connectivity index (χ4v) is 11.9. The van der Waals surface area contributed by atoms with Gasteiger partial charge in [0.15, 0.2) is 0 Å². The molecule has 0 aliphatic heterocycles. The van der Waals surface area contributed by atoms with Gasteiger partial charge in [0.1, 0.15) is 6.10 Å². The Hall–Kier alpha value is -1.32. The van der Waals surface area contributed by atoms with Crippen molar-refractivity contribution in [2.75, 3.05) is 6.61 Å². The first-order valence-electron chi connectivity index (χ1n) is 15.6.